The highest BCUT2D eigenvalue weighted by molar-refractivity contribution is 5.87. The van der Waals surface area contributed by atoms with Crippen LogP contribution in [0.5, 0.6) is 11.8 Å². The highest BCUT2D eigenvalue weighted by Gasteiger charge is 2.27. The van der Waals surface area contributed by atoms with Crippen LogP contribution in [-0.2, 0) is 4.79 Å². The lowest BCUT2D eigenvalue weighted by Gasteiger charge is -2.21. The number of nitrogens with two attached hydrogens (primary N) is 1. The fraction of sp³-hybridized carbons (Fsp3) is 0.227. The van der Waals surface area contributed by atoms with Gasteiger partial charge in [-0.3, -0.25) is 4.79 Å². The van der Waals surface area contributed by atoms with Gasteiger partial charge in [0.15, 0.2) is 11.6 Å². The van der Waals surface area contributed by atoms with E-state index in [2.05, 4.69) is 31.8 Å². The number of hydrogen-bond donors (Lipinski definition) is 2. The molecular weight excluding hydrogens is 413 g/mol. The number of halogens is 1. The summed E-state index contributed by atoms with van der Waals surface area (Å²) in [4.78, 5) is 30.2. The summed E-state index contributed by atoms with van der Waals surface area (Å²) in [5.41, 5.74) is 7.88. The smallest absolute Gasteiger partial charge is 0.322 e. The first kappa shape index (κ1) is 21.2. The van der Waals surface area contributed by atoms with Crippen molar-refractivity contribution in [3.63, 3.8) is 0 Å². The van der Waals surface area contributed by atoms with E-state index in [1.807, 2.05) is 4.90 Å². The van der Waals surface area contributed by atoms with E-state index in [0.717, 1.165) is 6.42 Å². The number of amides is 1. The molecule has 3 heterocycles. The molecular formula is C22H22FN7O2. The third kappa shape index (κ3) is 4.48. The summed E-state index contributed by atoms with van der Waals surface area (Å²) >= 11 is 0. The van der Waals surface area contributed by atoms with Crippen LogP contribution in [0.25, 0.3) is 11.1 Å². The maximum absolute atomic E-state index is 14.9. The highest BCUT2D eigenvalue weighted by Crippen LogP contribution is 2.36. The van der Waals surface area contributed by atoms with E-state index in [-0.39, 0.29) is 29.5 Å². The normalized spacial score (nSPS) is 15.4. The van der Waals surface area contributed by atoms with Crippen LogP contribution >= 0.6 is 0 Å². The Morgan fingerprint density at radius 2 is 2.19 bits per heavy atom. The zero-order valence-corrected chi connectivity index (χ0v) is 17.5. The molecule has 1 aliphatic heterocycles. The van der Waals surface area contributed by atoms with E-state index in [1.54, 1.807) is 25.3 Å². The molecule has 0 spiro atoms. The summed E-state index contributed by atoms with van der Waals surface area (Å²) in [7, 11) is 0. The second-order valence-corrected chi connectivity index (χ2v) is 7.33. The average molecular weight is 435 g/mol. The van der Waals surface area contributed by atoms with Crippen LogP contribution in [0.3, 0.4) is 0 Å². The Bertz CT molecular complexity index is 1170. The predicted octanol–water partition coefficient (Wildman–Crippen LogP) is 2.64. The Morgan fingerprint density at radius 3 is 2.94 bits per heavy atom. The number of aryl methyl sites for hydroxylation is 1. The first-order chi connectivity index (χ1) is 15.4. The number of carbonyl (C=O) groups is 1. The van der Waals surface area contributed by atoms with Crippen molar-refractivity contribution in [2.24, 2.45) is 0 Å². The minimum Gasteiger partial charge on any atom is -0.421 e. The molecule has 2 aromatic heterocycles. The Hall–Kier alpha value is -4.08. The van der Waals surface area contributed by atoms with Crippen molar-refractivity contribution in [3.05, 3.63) is 61.0 Å². The Balaban J connectivity index is 1.61. The summed E-state index contributed by atoms with van der Waals surface area (Å²) in [6.07, 6.45) is 4.89. The molecule has 1 unspecified atom stereocenters. The van der Waals surface area contributed by atoms with Gasteiger partial charge in [0.2, 0.25) is 5.91 Å². The lowest BCUT2D eigenvalue weighted by atomic mass is 10.1. The number of nitrogen functional groups attached to an aromatic ring is 1. The van der Waals surface area contributed by atoms with Crippen LogP contribution < -0.4 is 20.7 Å². The second kappa shape index (κ2) is 8.96. The van der Waals surface area contributed by atoms with Crippen LogP contribution in [0.2, 0.25) is 0 Å². The van der Waals surface area contributed by atoms with Crippen molar-refractivity contribution < 1.29 is 13.9 Å². The van der Waals surface area contributed by atoms with Gasteiger partial charge < -0.3 is 20.7 Å². The fourth-order valence-corrected chi connectivity index (χ4v) is 3.55. The maximum Gasteiger partial charge on any atom is 0.322 e. The molecule has 4 rings (SSSR count). The molecule has 32 heavy (non-hydrogen) atoms. The van der Waals surface area contributed by atoms with Gasteiger partial charge in [-0.2, -0.15) is 0 Å². The summed E-state index contributed by atoms with van der Waals surface area (Å²) in [6, 6.07) is 6.22. The number of benzene rings is 1. The Labute approximate surface area is 184 Å². The Morgan fingerprint density at radius 1 is 1.34 bits per heavy atom. The summed E-state index contributed by atoms with van der Waals surface area (Å²) in [6.45, 7) is 6.46. The standard InChI is InChI=1S/C22H22FN7O2/c1-3-18(31)29-15-7-9-30(11-15)21-19(20(24)26-12-27-21)14-4-5-17(16(23)10-14)32-22-25-8-6-13(2)28-22/h3-6,8,10,12,15H,1,7,9,11H2,2H3,(H,29,31)(H2,24,26,27). The van der Waals surface area contributed by atoms with Gasteiger partial charge >= 0.3 is 6.01 Å². The topological polar surface area (TPSA) is 119 Å². The molecule has 1 amide bonds. The lowest BCUT2D eigenvalue weighted by molar-refractivity contribution is -0.117. The zero-order chi connectivity index (χ0) is 22.7. The number of aromatic nitrogens is 4. The first-order valence-corrected chi connectivity index (χ1v) is 10.0. The van der Waals surface area contributed by atoms with Gasteiger partial charge in [0.05, 0.1) is 5.56 Å². The predicted molar refractivity (Wildman–Crippen MR) is 118 cm³/mol. The summed E-state index contributed by atoms with van der Waals surface area (Å²) < 4.78 is 20.4. The van der Waals surface area contributed by atoms with Gasteiger partial charge in [-0.05, 0) is 43.2 Å². The van der Waals surface area contributed by atoms with Gasteiger partial charge in [0.1, 0.15) is 18.0 Å². The van der Waals surface area contributed by atoms with Crippen LogP contribution in [0.4, 0.5) is 16.0 Å². The van der Waals surface area contributed by atoms with E-state index < -0.39 is 5.82 Å². The molecule has 1 saturated heterocycles. The largest absolute Gasteiger partial charge is 0.421 e. The molecule has 1 fully saturated rings. The van der Waals surface area contributed by atoms with Crippen LogP contribution in [0, 0.1) is 12.7 Å². The molecule has 9 nitrogen and oxygen atoms in total. The molecule has 164 valence electrons. The molecule has 0 radical (unpaired) electrons. The van der Waals surface area contributed by atoms with E-state index in [9.17, 15) is 9.18 Å². The maximum atomic E-state index is 14.9. The quantitative estimate of drug-likeness (QED) is 0.567. The lowest BCUT2D eigenvalue weighted by Crippen LogP contribution is -2.36. The van der Waals surface area contributed by atoms with E-state index in [0.29, 0.717) is 35.7 Å². The van der Waals surface area contributed by atoms with Gasteiger partial charge in [-0.15, -0.1) is 0 Å². The van der Waals surface area contributed by atoms with Gasteiger partial charge in [0.25, 0.3) is 0 Å². The SMILES string of the molecule is C=CC(=O)NC1CCN(c2ncnc(N)c2-c2ccc(Oc3nccc(C)n3)c(F)c2)C1. The number of nitrogens with zero attached hydrogens (tertiary/aromatic N) is 5. The summed E-state index contributed by atoms with van der Waals surface area (Å²) in [5, 5.41) is 2.88. The van der Waals surface area contributed by atoms with Crippen molar-refractivity contribution in [3.8, 4) is 22.9 Å². The van der Waals surface area contributed by atoms with Gasteiger partial charge in [-0.25, -0.2) is 24.3 Å². The van der Waals surface area contributed by atoms with Crippen molar-refractivity contribution in [2.45, 2.75) is 19.4 Å². The molecule has 3 N–H and O–H groups in total. The monoisotopic (exact) mass is 435 g/mol. The van der Waals surface area contributed by atoms with E-state index >= 15 is 0 Å². The van der Waals surface area contributed by atoms with E-state index in [4.69, 9.17) is 10.5 Å². The molecule has 1 aliphatic rings. The molecule has 1 aromatic carbocycles. The highest BCUT2D eigenvalue weighted by atomic mass is 19.1. The second-order valence-electron chi connectivity index (χ2n) is 7.33. The number of hydrogen-bond acceptors (Lipinski definition) is 8. The number of carbonyl (C=O) groups excluding carboxylic acids is 1. The number of rotatable bonds is 6. The first-order valence-electron chi connectivity index (χ1n) is 10.0. The fourth-order valence-electron chi connectivity index (χ4n) is 3.55. The van der Waals surface area contributed by atoms with Crippen LogP contribution in [0.15, 0.2) is 49.4 Å². The average Bonchev–Trinajstić information content (AvgIpc) is 3.23. The van der Waals surface area contributed by atoms with Crippen LogP contribution in [0.1, 0.15) is 12.1 Å². The van der Waals surface area contributed by atoms with Gasteiger partial charge in [-0.1, -0.05) is 12.6 Å². The van der Waals surface area contributed by atoms with E-state index in [1.165, 1.54) is 24.5 Å². The molecule has 10 heteroatoms. The Kier molecular flexibility index (Phi) is 5.93. The number of nitrogens with one attached hydrogen (secondary N) is 1. The number of anilines is 2. The van der Waals surface area contributed by atoms with Crippen molar-refractivity contribution in [1.29, 1.82) is 0 Å². The minimum absolute atomic E-state index is 0.00954. The van der Waals surface area contributed by atoms with Crippen molar-refractivity contribution in [1.82, 2.24) is 25.3 Å². The molecule has 3 aromatic rings. The van der Waals surface area contributed by atoms with Crippen LogP contribution in [-0.4, -0.2) is 45.0 Å². The summed E-state index contributed by atoms with van der Waals surface area (Å²) in [5.74, 6) is -0.0369. The molecule has 0 aliphatic carbocycles. The third-order valence-electron chi connectivity index (χ3n) is 5.07. The van der Waals surface area contributed by atoms with Crippen molar-refractivity contribution in [2.75, 3.05) is 23.7 Å². The van der Waals surface area contributed by atoms with Crippen molar-refractivity contribution >= 4 is 17.5 Å². The van der Waals surface area contributed by atoms with Gasteiger partial charge in [0, 0.05) is 31.0 Å². The number of ether oxygens (including phenoxy) is 1. The molecule has 0 bridgehead atoms. The molecule has 0 saturated carbocycles. The zero-order valence-electron chi connectivity index (χ0n) is 17.5. The molecule has 1 atom stereocenters. The third-order valence-corrected chi connectivity index (χ3v) is 5.07. The minimum atomic E-state index is -0.598.